The van der Waals surface area contributed by atoms with Gasteiger partial charge in [0.1, 0.15) is 0 Å². The second-order valence-electron chi connectivity index (χ2n) is 3.82. The normalized spacial score (nSPS) is 25.5. The molecule has 1 saturated heterocycles. The van der Waals surface area contributed by atoms with Gasteiger partial charge in [-0.25, -0.2) is 0 Å². The summed E-state index contributed by atoms with van der Waals surface area (Å²) in [6.45, 7) is 3.43. The molecule has 1 aliphatic rings. The van der Waals surface area contributed by atoms with Crippen molar-refractivity contribution in [3.05, 3.63) is 0 Å². The van der Waals surface area contributed by atoms with E-state index in [1.165, 1.54) is 19.4 Å². The standard InChI is InChI=1S/C9H20N2O/c1-10(2)8-9-4-3-5-11(9)6-7-12/h9,12H,3-8H2,1-2H3. The molecule has 0 aromatic carbocycles. The zero-order valence-corrected chi connectivity index (χ0v) is 8.16. The third-order valence-electron chi connectivity index (χ3n) is 2.46. The molecule has 1 atom stereocenters. The highest BCUT2D eigenvalue weighted by Gasteiger charge is 2.23. The zero-order valence-electron chi connectivity index (χ0n) is 8.16. The summed E-state index contributed by atoms with van der Waals surface area (Å²) in [4.78, 5) is 4.61. The van der Waals surface area contributed by atoms with Gasteiger partial charge in [0.05, 0.1) is 6.61 Å². The molecule has 12 heavy (non-hydrogen) atoms. The Morgan fingerprint density at radius 2 is 2.25 bits per heavy atom. The molecular weight excluding hydrogens is 152 g/mol. The van der Waals surface area contributed by atoms with Gasteiger partial charge < -0.3 is 10.0 Å². The predicted octanol–water partition coefficient (Wildman–Crippen LogP) is 0.00470. The highest BCUT2D eigenvalue weighted by atomic mass is 16.3. The first-order valence-electron chi connectivity index (χ1n) is 4.73. The molecule has 1 rings (SSSR count). The van der Waals surface area contributed by atoms with Crippen molar-refractivity contribution in [3.8, 4) is 0 Å². The molecule has 1 fully saturated rings. The van der Waals surface area contributed by atoms with E-state index in [0.29, 0.717) is 12.6 Å². The lowest BCUT2D eigenvalue weighted by molar-refractivity contribution is 0.164. The van der Waals surface area contributed by atoms with Gasteiger partial charge >= 0.3 is 0 Å². The topological polar surface area (TPSA) is 26.7 Å². The molecule has 0 amide bonds. The van der Waals surface area contributed by atoms with Crippen LogP contribution in [-0.2, 0) is 0 Å². The van der Waals surface area contributed by atoms with Crippen molar-refractivity contribution in [2.24, 2.45) is 0 Å². The highest BCUT2D eigenvalue weighted by Crippen LogP contribution is 2.16. The number of nitrogens with zero attached hydrogens (tertiary/aromatic N) is 2. The second-order valence-corrected chi connectivity index (χ2v) is 3.82. The van der Waals surface area contributed by atoms with Crippen LogP contribution in [0.5, 0.6) is 0 Å². The van der Waals surface area contributed by atoms with Gasteiger partial charge in [-0.1, -0.05) is 0 Å². The Morgan fingerprint density at radius 1 is 1.50 bits per heavy atom. The van der Waals surface area contributed by atoms with Gasteiger partial charge in [0.15, 0.2) is 0 Å². The van der Waals surface area contributed by atoms with Crippen LogP contribution in [0.4, 0.5) is 0 Å². The summed E-state index contributed by atoms with van der Waals surface area (Å²) < 4.78 is 0. The molecule has 0 radical (unpaired) electrons. The van der Waals surface area contributed by atoms with Crippen LogP contribution in [0, 0.1) is 0 Å². The zero-order chi connectivity index (χ0) is 8.97. The molecule has 0 aromatic heterocycles. The first-order valence-corrected chi connectivity index (χ1v) is 4.73. The van der Waals surface area contributed by atoms with E-state index < -0.39 is 0 Å². The van der Waals surface area contributed by atoms with Gasteiger partial charge in [0.25, 0.3) is 0 Å². The SMILES string of the molecule is CN(C)CC1CCCN1CCO. The molecule has 3 nitrogen and oxygen atoms in total. The Balaban J connectivity index is 2.30. The van der Waals surface area contributed by atoms with Crippen molar-refractivity contribution in [2.75, 3.05) is 40.3 Å². The van der Waals surface area contributed by atoms with Gasteiger partial charge in [0.2, 0.25) is 0 Å². The summed E-state index contributed by atoms with van der Waals surface area (Å²) in [5.74, 6) is 0. The first kappa shape index (κ1) is 9.96. The Kier molecular flexibility index (Phi) is 3.98. The molecule has 0 saturated carbocycles. The van der Waals surface area contributed by atoms with Crippen LogP contribution in [-0.4, -0.2) is 61.3 Å². The number of hydrogen-bond donors (Lipinski definition) is 1. The highest BCUT2D eigenvalue weighted by molar-refractivity contribution is 4.80. The summed E-state index contributed by atoms with van der Waals surface area (Å²) >= 11 is 0. The summed E-state index contributed by atoms with van der Waals surface area (Å²) in [6.07, 6.45) is 2.58. The van der Waals surface area contributed by atoms with Crippen LogP contribution in [0.25, 0.3) is 0 Å². The molecular formula is C9H20N2O. The van der Waals surface area contributed by atoms with Crippen LogP contribution in [0.3, 0.4) is 0 Å². The van der Waals surface area contributed by atoms with E-state index in [9.17, 15) is 0 Å². The number of likely N-dealkylation sites (N-methyl/N-ethyl adjacent to an activating group) is 1. The van der Waals surface area contributed by atoms with Gasteiger partial charge in [-0.3, -0.25) is 4.90 Å². The Hall–Kier alpha value is -0.120. The minimum Gasteiger partial charge on any atom is -0.395 e. The Bertz CT molecular complexity index is 128. The maximum absolute atomic E-state index is 8.82. The molecule has 1 heterocycles. The van der Waals surface area contributed by atoms with Crippen LogP contribution < -0.4 is 0 Å². The maximum Gasteiger partial charge on any atom is 0.0558 e. The molecule has 0 bridgehead atoms. The monoisotopic (exact) mass is 172 g/mol. The summed E-state index contributed by atoms with van der Waals surface area (Å²) in [5, 5.41) is 8.82. The molecule has 0 aromatic rings. The summed E-state index contributed by atoms with van der Waals surface area (Å²) in [5.41, 5.74) is 0. The Labute approximate surface area is 75.0 Å². The lowest BCUT2D eigenvalue weighted by atomic mass is 10.2. The van der Waals surface area contributed by atoms with Crippen LogP contribution in [0.2, 0.25) is 0 Å². The number of hydrogen-bond acceptors (Lipinski definition) is 3. The molecule has 0 aliphatic carbocycles. The van der Waals surface area contributed by atoms with Gasteiger partial charge in [-0.05, 0) is 33.5 Å². The third kappa shape index (κ3) is 2.73. The molecule has 1 aliphatic heterocycles. The van der Waals surface area contributed by atoms with Crippen LogP contribution >= 0.6 is 0 Å². The number of aliphatic hydroxyl groups excluding tert-OH is 1. The van der Waals surface area contributed by atoms with Gasteiger partial charge in [-0.2, -0.15) is 0 Å². The Morgan fingerprint density at radius 3 is 2.83 bits per heavy atom. The lowest BCUT2D eigenvalue weighted by Gasteiger charge is -2.26. The second kappa shape index (κ2) is 4.80. The number of aliphatic hydroxyl groups is 1. The van der Waals surface area contributed by atoms with Crippen molar-refractivity contribution in [2.45, 2.75) is 18.9 Å². The van der Waals surface area contributed by atoms with Crippen molar-refractivity contribution in [1.29, 1.82) is 0 Å². The van der Waals surface area contributed by atoms with E-state index in [1.54, 1.807) is 0 Å². The summed E-state index contributed by atoms with van der Waals surface area (Å²) in [7, 11) is 4.21. The molecule has 0 spiro atoms. The average Bonchev–Trinajstić information content (AvgIpc) is 2.37. The minimum absolute atomic E-state index is 0.296. The smallest absolute Gasteiger partial charge is 0.0558 e. The van der Waals surface area contributed by atoms with Crippen molar-refractivity contribution < 1.29 is 5.11 Å². The van der Waals surface area contributed by atoms with Gasteiger partial charge in [-0.15, -0.1) is 0 Å². The minimum atomic E-state index is 0.296. The van der Waals surface area contributed by atoms with E-state index in [4.69, 9.17) is 5.11 Å². The van der Waals surface area contributed by atoms with Crippen molar-refractivity contribution >= 4 is 0 Å². The van der Waals surface area contributed by atoms with Crippen LogP contribution in [0.1, 0.15) is 12.8 Å². The van der Waals surface area contributed by atoms with Gasteiger partial charge in [0, 0.05) is 19.1 Å². The molecule has 1 N–H and O–H groups in total. The molecule has 1 unspecified atom stereocenters. The number of rotatable bonds is 4. The number of β-amino-alcohol motifs (C(OH)–C–C–N with tert-alkyl or cyclic N) is 1. The predicted molar refractivity (Wildman–Crippen MR) is 50.2 cm³/mol. The quantitative estimate of drug-likeness (QED) is 0.647. The fourth-order valence-electron chi connectivity index (χ4n) is 1.95. The van der Waals surface area contributed by atoms with Crippen molar-refractivity contribution in [1.82, 2.24) is 9.80 Å². The largest absolute Gasteiger partial charge is 0.395 e. The van der Waals surface area contributed by atoms with E-state index in [1.807, 2.05) is 0 Å². The fourth-order valence-corrected chi connectivity index (χ4v) is 1.95. The van der Waals surface area contributed by atoms with E-state index in [0.717, 1.165) is 13.1 Å². The van der Waals surface area contributed by atoms with Crippen molar-refractivity contribution in [3.63, 3.8) is 0 Å². The maximum atomic E-state index is 8.82. The number of likely N-dealkylation sites (tertiary alicyclic amines) is 1. The molecule has 72 valence electrons. The first-order chi connectivity index (χ1) is 5.74. The lowest BCUT2D eigenvalue weighted by Crippen LogP contribution is -2.38. The van der Waals surface area contributed by atoms with Crippen LogP contribution in [0.15, 0.2) is 0 Å². The summed E-state index contributed by atoms with van der Waals surface area (Å²) in [6, 6.07) is 0.673. The van der Waals surface area contributed by atoms with E-state index in [-0.39, 0.29) is 0 Å². The average molecular weight is 172 g/mol. The van der Waals surface area contributed by atoms with E-state index in [2.05, 4.69) is 23.9 Å². The molecule has 3 heteroatoms. The van der Waals surface area contributed by atoms with E-state index >= 15 is 0 Å². The third-order valence-corrected chi connectivity index (χ3v) is 2.46. The fraction of sp³-hybridized carbons (Fsp3) is 1.00.